The molecule has 2 aromatic carbocycles. The van der Waals surface area contributed by atoms with E-state index in [2.05, 4.69) is 0 Å². The SMILES string of the molecule is Cc1cc(Oc2ccc(S(=O)(=O)Cl)cc2)ccc1Cl. The smallest absolute Gasteiger partial charge is 0.261 e. The molecular weight excluding hydrogens is 307 g/mol. The summed E-state index contributed by atoms with van der Waals surface area (Å²) in [5, 5.41) is 0.663. The second kappa shape index (κ2) is 5.41. The Bertz CT molecular complexity index is 694. The zero-order valence-corrected chi connectivity index (χ0v) is 12.3. The number of halogens is 2. The van der Waals surface area contributed by atoms with Gasteiger partial charge in [0, 0.05) is 15.7 Å². The van der Waals surface area contributed by atoms with Gasteiger partial charge in [-0.05, 0) is 55.0 Å². The van der Waals surface area contributed by atoms with Gasteiger partial charge in [-0.25, -0.2) is 8.42 Å². The summed E-state index contributed by atoms with van der Waals surface area (Å²) in [5.74, 6) is 1.15. The van der Waals surface area contributed by atoms with Crippen molar-refractivity contribution in [3.05, 3.63) is 53.1 Å². The van der Waals surface area contributed by atoms with E-state index < -0.39 is 9.05 Å². The Kier molecular flexibility index (Phi) is 4.04. The average Bonchev–Trinajstić information content (AvgIpc) is 2.33. The van der Waals surface area contributed by atoms with Crippen LogP contribution in [0.3, 0.4) is 0 Å². The second-order valence-corrected chi connectivity index (χ2v) is 6.90. The number of aryl methyl sites for hydroxylation is 1. The minimum atomic E-state index is -3.71. The van der Waals surface area contributed by atoms with Gasteiger partial charge in [-0.1, -0.05) is 11.6 Å². The maximum absolute atomic E-state index is 11.1. The molecule has 0 saturated heterocycles. The molecule has 100 valence electrons. The summed E-state index contributed by atoms with van der Waals surface area (Å²) in [4.78, 5) is 0.0359. The maximum Gasteiger partial charge on any atom is 0.261 e. The fraction of sp³-hybridized carbons (Fsp3) is 0.0769. The van der Waals surface area contributed by atoms with E-state index in [0.717, 1.165) is 5.56 Å². The summed E-state index contributed by atoms with van der Waals surface area (Å²) in [6, 6.07) is 11.1. The lowest BCUT2D eigenvalue weighted by Crippen LogP contribution is -1.90. The molecule has 0 radical (unpaired) electrons. The average molecular weight is 317 g/mol. The molecule has 0 spiro atoms. The lowest BCUT2D eigenvalue weighted by molar-refractivity contribution is 0.482. The first kappa shape index (κ1) is 14.2. The van der Waals surface area contributed by atoms with Crippen molar-refractivity contribution < 1.29 is 13.2 Å². The van der Waals surface area contributed by atoms with Gasteiger partial charge in [0.05, 0.1) is 4.90 Å². The molecule has 0 unspecified atom stereocenters. The summed E-state index contributed by atoms with van der Waals surface area (Å²) in [7, 11) is 1.52. The number of hydrogen-bond donors (Lipinski definition) is 0. The number of rotatable bonds is 3. The third-order valence-corrected chi connectivity index (χ3v) is 4.26. The molecule has 0 aliphatic carbocycles. The van der Waals surface area contributed by atoms with Crippen LogP contribution in [0, 0.1) is 6.92 Å². The topological polar surface area (TPSA) is 43.4 Å². The van der Waals surface area contributed by atoms with Crippen LogP contribution in [-0.2, 0) is 9.05 Å². The summed E-state index contributed by atoms with van der Waals surface area (Å²) in [6.07, 6.45) is 0. The van der Waals surface area contributed by atoms with Gasteiger partial charge in [0.25, 0.3) is 9.05 Å². The second-order valence-electron chi connectivity index (χ2n) is 3.92. The summed E-state index contributed by atoms with van der Waals surface area (Å²) in [5.41, 5.74) is 0.902. The van der Waals surface area contributed by atoms with Gasteiger partial charge in [0.2, 0.25) is 0 Å². The van der Waals surface area contributed by atoms with Gasteiger partial charge < -0.3 is 4.74 Å². The molecule has 2 aromatic rings. The van der Waals surface area contributed by atoms with Crippen molar-refractivity contribution in [3.63, 3.8) is 0 Å². The predicted octanol–water partition coefficient (Wildman–Crippen LogP) is 4.37. The molecule has 0 heterocycles. The highest BCUT2D eigenvalue weighted by Gasteiger charge is 2.09. The van der Waals surface area contributed by atoms with Crippen molar-refractivity contribution in [2.24, 2.45) is 0 Å². The van der Waals surface area contributed by atoms with E-state index in [1.165, 1.54) is 12.1 Å². The van der Waals surface area contributed by atoms with Gasteiger partial charge in [0.1, 0.15) is 11.5 Å². The Balaban J connectivity index is 2.22. The van der Waals surface area contributed by atoms with Gasteiger partial charge >= 0.3 is 0 Å². The van der Waals surface area contributed by atoms with Crippen molar-refractivity contribution in [1.82, 2.24) is 0 Å². The molecular formula is C13H10Cl2O3S. The van der Waals surface area contributed by atoms with Crippen molar-refractivity contribution in [1.29, 1.82) is 0 Å². The van der Waals surface area contributed by atoms with Crippen molar-refractivity contribution in [2.75, 3.05) is 0 Å². The highest BCUT2D eigenvalue weighted by atomic mass is 35.7. The van der Waals surface area contributed by atoms with E-state index in [-0.39, 0.29) is 4.90 Å². The molecule has 3 nitrogen and oxygen atoms in total. The normalized spacial score (nSPS) is 11.3. The molecule has 19 heavy (non-hydrogen) atoms. The molecule has 0 fully saturated rings. The zero-order valence-electron chi connectivity index (χ0n) is 9.93. The minimum Gasteiger partial charge on any atom is -0.457 e. The molecule has 0 amide bonds. The van der Waals surface area contributed by atoms with E-state index in [4.69, 9.17) is 27.0 Å². The van der Waals surface area contributed by atoms with E-state index >= 15 is 0 Å². The lowest BCUT2D eigenvalue weighted by atomic mass is 10.2. The first-order chi connectivity index (χ1) is 8.86. The number of benzene rings is 2. The summed E-state index contributed by atoms with van der Waals surface area (Å²) in [6.45, 7) is 1.87. The Morgan fingerprint density at radius 1 is 1.00 bits per heavy atom. The van der Waals surface area contributed by atoms with Crippen molar-refractivity contribution in [3.8, 4) is 11.5 Å². The van der Waals surface area contributed by atoms with Crippen LogP contribution in [0.5, 0.6) is 11.5 Å². The predicted molar refractivity (Wildman–Crippen MR) is 75.7 cm³/mol. The molecule has 0 aromatic heterocycles. The molecule has 0 bridgehead atoms. The summed E-state index contributed by atoms with van der Waals surface area (Å²) < 4.78 is 27.8. The molecule has 0 saturated carbocycles. The van der Waals surface area contributed by atoms with Crippen LogP contribution < -0.4 is 4.74 Å². The van der Waals surface area contributed by atoms with Crippen LogP contribution in [0.15, 0.2) is 47.4 Å². The van der Waals surface area contributed by atoms with Crippen LogP contribution in [0.2, 0.25) is 5.02 Å². The fourth-order valence-corrected chi connectivity index (χ4v) is 2.37. The van der Waals surface area contributed by atoms with Gasteiger partial charge in [-0.15, -0.1) is 0 Å². The molecule has 0 N–H and O–H groups in total. The maximum atomic E-state index is 11.1. The minimum absolute atomic E-state index is 0.0359. The molecule has 0 aliphatic heterocycles. The number of ether oxygens (including phenoxy) is 1. The third kappa shape index (κ3) is 3.62. The Morgan fingerprint density at radius 2 is 1.58 bits per heavy atom. The van der Waals surface area contributed by atoms with Gasteiger partial charge in [-0.3, -0.25) is 0 Å². The standard InChI is InChI=1S/C13H10Cl2O3S/c1-9-8-11(4-7-13(9)14)18-10-2-5-12(6-3-10)19(15,16)17/h2-8H,1H3. The molecule has 6 heteroatoms. The van der Waals surface area contributed by atoms with E-state index in [1.807, 2.05) is 6.92 Å². The molecule has 0 aliphatic rings. The van der Waals surface area contributed by atoms with Crippen molar-refractivity contribution in [2.45, 2.75) is 11.8 Å². The quantitative estimate of drug-likeness (QED) is 0.790. The van der Waals surface area contributed by atoms with E-state index in [9.17, 15) is 8.42 Å². The van der Waals surface area contributed by atoms with Gasteiger partial charge in [0.15, 0.2) is 0 Å². The highest BCUT2D eigenvalue weighted by Crippen LogP contribution is 2.27. The summed E-state index contributed by atoms with van der Waals surface area (Å²) >= 11 is 5.92. The zero-order chi connectivity index (χ0) is 14.0. The fourth-order valence-electron chi connectivity index (χ4n) is 1.49. The van der Waals surface area contributed by atoms with Crippen LogP contribution in [-0.4, -0.2) is 8.42 Å². The Hall–Kier alpha value is -1.23. The van der Waals surface area contributed by atoms with Crippen LogP contribution >= 0.6 is 22.3 Å². The largest absolute Gasteiger partial charge is 0.457 e. The Morgan fingerprint density at radius 3 is 2.11 bits per heavy atom. The number of hydrogen-bond acceptors (Lipinski definition) is 3. The van der Waals surface area contributed by atoms with Crippen molar-refractivity contribution >= 4 is 31.3 Å². The molecule has 0 atom stereocenters. The third-order valence-electron chi connectivity index (χ3n) is 2.47. The van der Waals surface area contributed by atoms with E-state index in [1.54, 1.807) is 30.3 Å². The lowest BCUT2D eigenvalue weighted by Gasteiger charge is -2.07. The van der Waals surface area contributed by atoms with E-state index in [0.29, 0.717) is 16.5 Å². The highest BCUT2D eigenvalue weighted by molar-refractivity contribution is 8.13. The van der Waals surface area contributed by atoms with Crippen LogP contribution in [0.25, 0.3) is 0 Å². The van der Waals surface area contributed by atoms with Gasteiger partial charge in [-0.2, -0.15) is 0 Å². The molecule has 2 rings (SSSR count). The monoisotopic (exact) mass is 316 g/mol. The first-order valence-electron chi connectivity index (χ1n) is 5.35. The Labute approximate surface area is 121 Å². The first-order valence-corrected chi connectivity index (χ1v) is 8.04. The van der Waals surface area contributed by atoms with Crippen LogP contribution in [0.1, 0.15) is 5.56 Å². The van der Waals surface area contributed by atoms with Crippen LogP contribution in [0.4, 0.5) is 0 Å².